The number of ether oxygens (including phenoxy) is 1. The third-order valence-corrected chi connectivity index (χ3v) is 5.13. The minimum absolute atomic E-state index is 0.00581. The van der Waals surface area contributed by atoms with Gasteiger partial charge in [0, 0.05) is 41.4 Å². The van der Waals surface area contributed by atoms with Crippen molar-refractivity contribution in [2.24, 2.45) is 5.92 Å². The van der Waals surface area contributed by atoms with E-state index in [1.165, 1.54) is 0 Å². The van der Waals surface area contributed by atoms with Gasteiger partial charge < -0.3 is 15.0 Å². The molecule has 3 rings (SSSR count). The van der Waals surface area contributed by atoms with E-state index in [-0.39, 0.29) is 23.8 Å². The largest absolute Gasteiger partial charge is 0.475 e. The predicted octanol–water partition coefficient (Wildman–Crippen LogP) is 4.12. The number of nitrogens with zero attached hydrogens (tertiary/aromatic N) is 2. The molecule has 0 bridgehead atoms. The molecule has 0 unspecified atom stereocenters. The monoisotopic (exact) mass is 445 g/mol. The number of anilines is 1. The summed E-state index contributed by atoms with van der Waals surface area (Å²) < 4.78 is 6.48. The van der Waals surface area contributed by atoms with Crippen LogP contribution in [0.3, 0.4) is 0 Å². The standard InChI is InChI=1S/C21H24BrN3O3/c1-14(2)28-19-8-3-16(13-23-19)21(27)25-11-9-15(10-12-25)20(26)24-18-6-4-17(22)5-7-18/h3-8,13-15H,9-12H2,1-2H3,(H,24,26). The molecular formula is C21H24BrN3O3. The molecule has 1 aliphatic heterocycles. The highest BCUT2D eigenvalue weighted by atomic mass is 79.9. The number of aromatic nitrogens is 1. The van der Waals surface area contributed by atoms with Gasteiger partial charge >= 0.3 is 0 Å². The molecule has 1 aromatic carbocycles. The van der Waals surface area contributed by atoms with Crippen molar-refractivity contribution in [2.45, 2.75) is 32.8 Å². The number of carbonyl (C=O) groups excluding carboxylic acids is 2. The van der Waals surface area contributed by atoms with Crippen molar-refractivity contribution in [3.63, 3.8) is 0 Å². The van der Waals surface area contributed by atoms with E-state index in [2.05, 4.69) is 26.2 Å². The number of carbonyl (C=O) groups is 2. The molecular weight excluding hydrogens is 422 g/mol. The second-order valence-corrected chi connectivity index (χ2v) is 8.03. The summed E-state index contributed by atoms with van der Waals surface area (Å²) >= 11 is 3.38. The number of halogens is 1. The lowest BCUT2D eigenvalue weighted by atomic mass is 9.95. The zero-order valence-electron chi connectivity index (χ0n) is 16.0. The lowest BCUT2D eigenvalue weighted by Crippen LogP contribution is -2.41. The Bertz CT molecular complexity index is 814. The Kier molecular flexibility index (Phi) is 6.67. The van der Waals surface area contributed by atoms with Crippen LogP contribution in [0, 0.1) is 5.92 Å². The summed E-state index contributed by atoms with van der Waals surface area (Å²) in [6.45, 7) is 4.97. The van der Waals surface area contributed by atoms with E-state index in [1.54, 1.807) is 23.2 Å². The molecule has 6 nitrogen and oxygen atoms in total. The molecule has 0 radical (unpaired) electrons. The molecule has 0 spiro atoms. The summed E-state index contributed by atoms with van der Waals surface area (Å²) in [6, 6.07) is 11.0. The highest BCUT2D eigenvalue weighted by molar-refractivity contribution is 9.10. The lowest BCUT2D eigenvalue weighted by Gasteiger charge is -2.31. The molecule has 28 heavy (non-hydrogen) atoms. The molecule has 1 saturated heterocycles. The van der Waals surface area contributed by atoms with E-state index >= 15 is 0 Å². The first-order valence-electron chi connectivity index (χ1n) is 9.41. The van der Waals surface area contributed by atoms with Crippen molar-refractivity contribution >= 4 is 33.4 Å². The second kappa shape index (κ2) is 9.19. The number of pyridine rings is 1. The van der Waals surface area contributed by atoms with E-state index in [0.29, 0.717) is 37.4 Å². The third-order valence-electron chi connectivity index (χ3n) is 4.60. The van der Waals surface area contributed by atoms with Crippen LogP contribution in [-0.2, 0) is 4.79 Å². The van der Waals surface area contributed by atoms with Gasteiger partial charge in [0.15, 0.2) is 0 Å². The summed E-state index contributed by atoms with van der Waals surface area (Å²) in [5, 5.41) is 2.95. The highest BCUT2D eigenvalue weighted by Crippen LogP contribution is 2.22. The Morgan fingerprint density at radius 3 is 2.39 bits per heavy atom. The van der Waals surface area contributed by atoms with Crippen molar-refractivity contribution in [3.8, 4) is 5.88 Å². The van der Waals surface area contributed by atoms with Crippen LogP contribution in [0.25, 0.3) is 0 Å². The molecule has 0 aliphatic carbocycles. The molecule has 1 fully saturated rings. The number of amides is 2. The zero-order chi connectivity index (χ0) is 20.1. The van der Waals surface area contributed by atoms with E-state index in [1.807, 2.05) is 38.1 Å². The fourth-order valence-electron chi connectivity index (χ4n) is 3.12. The highest BCUT2D eigenvalue weighted by Gasteiger charge is 2.28. The minimum atomic E-state index is -0.0901. The number of hydrogen-bond acceptors (Lipinski definition) is 4. The van der Waals surface area contributed by atoms with Crippen molar-refractivity contribution in [2.75, 3.05) is 18.4 Å². The quantitative estimate of drug-likeness (QED) is 0.750. The zero-order valence-corrected chi connectivity index (χ0v) is 17.6. The van der Waals surface area contributed by atoms with Gasteiger partial charge in [0.05, 0.1) is 11.7 Å². The number of nitrogens with one attached hydrogen (secondary N) is 1. The van der Waals surface area contributed by atoms with Gasteiger partial charge in [-0.15, -0.1) is 0 Å². The van der Waals surface area contributed by atoms with Gasteiger partial charge in [0.1, 0.15) is 0 Å². The first-order valence-corrected chi connectivity index (χ1v) is 10.2. The molecule has 1 aliphatic rings. The number of hydrogen-bond donors (Lipinski definition) is 1. The third kappa shape index (κ3) is 5.32. The number of likely N-dealkylation sites (tertiary alicyclic amines) is 1. The molecule has 0 atom stereocenters. The van der Waals surface area contributed by atoms with Gasteiger partial charge in [0.2, 0.25) is 11.8 Å². The molecule has 1 N–H and O–H groups in total. The molecule has 7 heteroatoms. The number of benzene rings is 1. The first kappa shape index (κ1) is 20.3. The molecule has 2 aromatic rings. The molecule has 148 valence electrons. The fraction of sp³-hybridized carbons (Fsp3) is 0.381. The van der Waals surface area contributed by atoms with Crippen LogP contribution in [0.4, 0.5) is 5.69 Å². The van der Waals surface area contributed by atoms with Gasteiger partial charge in [-0.25, -0.2) is 4.98 Å². The van der Waals surface area contributed by atoms with E-state index in [0.717, 1.165) is 10.2 Å². The van der Waals surface area contributed by atoms with Crippen molar-refractivity contribution in [3.05, 3.63) is 52.6 Å². The minimum Gasteiger partial charge on any atom is -0.475 e. The second-order valence-electron chi connectivity index (χ2n) is 7.11. The first-order chi connectivity index (χ1) is 13.4. The normalized spacial score (nSPS) is 14.8. The van der Waals surface area contributed by atoms with Crippen LogP contribution in [-0.4, -0.2) is 40.9 Å². The summed E-state index contributed by atoms with van der Waals surface area (Å²) in [7, 11) is 0. The Balaban J connectivity index is 1.52. The van der Waals surface area contributed by atoms with Crippen LogP contribution in [0.5, 0.6) is 5.88 Å². The average Bonchev–Trinajstić information content (AvgIpc) is 2.69. The fourth-order valence-corrected chi connectivity index (χ4v) is 3.39. The van der Waals surface area contributed by atoms with Crippen molar-refractivity contribution < 1.29 is 14.3 Å². The molecule has 2 amide bonds. The van der Waals surface area contributed by atoms with Crippen LogP contribution < -0.4 is 10.1 Å². The lowest BCUT2D eigenvalue weighted by molar-refractivity contribution is -0.121. The summed E-state index contributed by atoms with van der Waals surface area (Å²) in [4.78, 5) is 31.1. The molecule has 2 heterocycles. The summed E-state index contributed by atoms with van der Waals surface area (Å²) in [5.41, 5.74) is 1.32. The van der Waals surface area contributed by atoms with Gasteiger partial charge in [-0.3, -0.25) is 9.59 Å². The Hall–Kier alpha value is -2.41. The van der Waals surface area contributed by atoms with Crippen LogP contribution in [0.2, 0.25) is 0 Å². The number of rotatable bonds is 5. The summed E-state index contributed by atoms with van der Waals surface area (Å²) in [6.07, 6.45) is 2.88. The van der Waals surface area contributed by atoms with Crippen LogP contribution >= 0.6 is 15.9 Å². The van der Waals surface area contributed by atoms with Gasteiger partial charge in [0.25, 0.3) is 5.91 Å². The predicted molar refractivity (Wildman–Crippen MR) is 111 cm³/mol. The van der Waals surface area contributed by atoms with Gasteiger partial charge in [-0.2, -0.15) is 0 Å². The van der Waals surface area contributed by atoms with Crippen molar-refractivity contribution in [1.29, 1.82) is 0 Å². The van der Waals surface area contributed by atoms with Crippen LogP contribution in [0.1, 0.15) is 37.0 Å². The van der Waals surface area contributed by atoms with Crippen LogP contribution in [0.15, 0.2) is 47.1 Å². The maximum absolute atomic E-state index is 12.7. The molecule has 0 saturated carbocycles. The Morgan fingerprint density at radius 2 is 1.82 bits per heavy atom. The smallest absolute Gasteiger partial charge is 0.255 e. The SMILES string of the molecule is CC(C)Oc1ccc(C(=O)N2CCC(C(=O)Nc3ccc(Br)cc3)CC2)cn1. The maximum atomic E-state index is 12.7. The van der Waals surface area contributed by atoms with E-state index in [4.69, 9.17) is 4.74 Å². The Morgan fingerprint density at radius 1 is 1.14 bits per heavy atom. The van der Waals surface area contributed by atoms with E-state index < -0.39 is 0 Å². The average molecular weight is 446 g/mol. The maximum Gasteiger partial charge on any atom is 0.255 e. The number of piperidine rings is 1. The van der Waals surface area contributed by atoms with Crippen molar-refractivity contribution in [1.82, 2.24) is 9.88 Å². The summed E-state index contributed by atoms with van der Waals surface area (Å²) in [5.74, 6) is 0.365. The van der Waals surface area contributed by atoms with Gasteiger partial charge in [-0.1, -0.05) is 15.9 Å². The van der Waals surface area contributed by atoms with Gasteiger partial charge in [-0.05, 0) is 57.0 Å². The molecule has 1 aromatic heterocycles. The van der Waals surface area contributed by atoms with E-state index in [9.17, 15) is 9.59 Å². The Labute approximate surface area is 173 Å². The topological polar surface area (TPSA) is 71.5 Å².